The highest BCUT2D eigenvalue weighted by Crippen LogP contribution is 2.47. The van der Waals surface area contributed by atoms with Crippen molar-refractivity contribution in [3.8, 4) is 11.1 Å². The summed E-state index contributed by atoms with van der Waals surface area (Å²) in [7, 11) is 0. The van der Waals surface area contributed by atoms with E-state index in [0.717, 1.165) is 49.3 Å². The molecule has 0 amide bonds. The summed E-state index contributed by atoms with van der Waals surface area (Å²) < 4.78 is -0.412. The SMILES string of the molecule is CC[C@H]1CC[C@@H](N2CCN(c3ccc(-c4ccc([N+]5(OC=O)N=Nc6ccccc65)cc4)cc3)CC2)CC1. The first-order valence-corrected chi connectivity index (χ1v) is 13.9. The maximum absolute atomic E-state index is 11.4. The van der Waals surface area contributed by atoms with Crippen molar-refractivity contribution in [3.05, 3.63) is 72.8 Å². The minimum atomic E-state index is -0.412. The summed E-state index contributed by atoms with van der Waals surface area (Å²) in [4.78, 5) is 22.1. The van der Waals surface area contributed by atoms with Crippen molar-refractivity contribution < 1.29 is 9.63 Å². The highest BCUT2D eigenvalue weighted by atomic mass is 16.8. The largest absolute Gasteiger partial charge is 0.369 e. The summed E-state index contributed by atoms with van der Waals surface area (Å²) in [5.74, 6) is 0.956. The Kier molecular flexibility index (Phi) is 6.96. The van der Waals surface area contributed by atoms with Crippen molar-refractivity contribution in [2.24, 2.45) is 16.3 Å². The van der Waals surface area contributed by atoms with Crippen molar-refractivity contribution in [1.29, 1.82) is 0 Å². The van der Waals surface area contributed by atoms with E-state index in [1.165, 1.54) is 37.8 Å². The van der Waals surface area contributed by atoms with Crippen LogP contribution in [0.4, 0.5) is 22.7 Å². The molecule has 0 radical (unpaired) electrons. The lowest BCUT2D eigenvalue weighted by atomic mass is 9.84. The molecule has 38 heavy (non-hydrogen) atoms. The lowest BCUT2D eigenvalue weighted by Gasteiger charge is -2.42. The molecule has 3 aromatic rings. The van der Waals surface area contributed by atoms with Crippen molar-refractivity contribution >= 4 is 29.2 Å². The van der Waals surface area contributed by atoms with Gasteiger partial charge in [-0.2, -0.15) is 0 Å². The van der Waals surface area contributed by atoms with Gasteiger partial charge in [0.15, 0.2) is 5.69 Å². The topological polar surface area (TPSA) is 57.5 Å². The minimum absolute atomic E-state index is 0.412. The number of carbonyl (C=O) groups is 1. The molecular weight excluding hydrogens is 474 g/mol. The van der Waals surface area contributed by atoms with Crippen molar-refractivity contribution in [2.75, 3.05) is 31.1 Å². The third kappa shape index (κ3) is 4.61. The number of quaternary nitrogens is 1. The zero-order chi connectivity index (χ0) is 26.0. The molecule has 3 aliphatic rings. The Hall–Kier alpha value is -3.55. The summed E-state index contributed by atoms with van der Waals surface area (Å²) in [6, 6.07) is 25.2. The molecule has 196 valence electrons. The first-order chi connectivity index (χ1) is 18.7. The molecule has 2 aliphatic heterocycles. The van der Waals surface area contributed by atoms with Crippen LogP contribution in [-0.4, -0.2) is 43.6 Å². The van der Waals surface area contributed by atoms with Crippen LogP contribution in [0.15, 0.2) is 83.1 Å². The predicted octanol–water partition coefficient (Wildman–Crippen LogP) is 7.18. The fourth-order valence-electron chi connectivity index (χ4n) is 6.34. The van der Waals surface area contributed by atoms with E-state index < -0.39 is 4.76 Å². The number of hydrogen-bond acceptors (Lipinski definition) is 6. The normalized spacial score (nSPS) is 25.2. The first-order valence-electron chi connectivity index (χ1n) is 13.9. The molecule has 6 rings (SSSR count). The molecule has 0 spiro atoms. The molecule has 1 aliphatic carbocycles. The van der Waals surface area contributed by atoms with Gasteiger partial charge in [-0.05, 0) is 73.1 Å². The number of para-hydroxylation sites is 1. The van der Waals surface area contributed by atoms with Crippen LogP contribution in [0.1, 0.15) is 39.0 Å². The van der Waals surface area contributed by atoms with Crippen LogP contribution in [0.25, 0.3) is 11.1 Å². The van der Waals surface area contributed by atoms with Crippen LogP contribution in [0.2, 0.25) is 0 Å². The van der Waals surface area contributed by atoms with Crippen LogP contribution >= 0.6 is 0 Å². The molecule has 1 saturated heterocycles. The Bertz CT molecular complexity index is 1280. The van der Waals surface area contributed by atoms with E-state index >= 15 is 0 Å². The van der Waals surface area contributed by atoms with E-state index in [9.17, 15) is 4.79 Å². The van der Waals surface area contributed by atoms with Gasteiger partial charge in [-0.3, -0.25) is 4.90 Å². The lowest BCUT2D eigenvalue weighted by Crippen LogP contribution is -2.51. The van der Waals surface area contributed by atoms with Crippen LogP contribution in [0, 0.1) is 5.92 Å². The van der Waals surface area contributed by atoms with Crippen LogP contribution < -0.4 is 9.66 Å². The average molecular weight is 511 g/mol. The smallest absolute Gasteiger partial charge is 0.360 e. The molecule has 1 unspecified atom stereocenters. The Morgan fingerprint density at radius 2 is 1.53 bits per heavy atom. The number of benzene rings is 3. The summed E-state index contributed by atoms with van der Waals surface area (Å²) in [5.41, 5.74) is 5.66. The Morgan fingerprint density at radius 3 is 2.18 bits per heavy atom. The van der Waals surface area contributed by atoms with Crippen LogP contribution in [0.3, 0.4) is 0 Å². The molecule has 1 saturated carbocycles. The monoisotopic (exact) mass is 510 g/mol. The number of nitrogens with zero attached hydrogens (tertiary/aromatic N) is 5. The fourth-order valence-corrected chi connectivity index (χ4v) is 6.34. The zero-order valence-corrected chi connectivity index (χ0v) is 22.1. The number of fused-ring (bicyclic) bond motifs is 1. The van der Waals surface area contributed by atoms with E-state index in [4.69, 9.17) is 4.84 Å². The molecule has 2 fully saturated rings. The van der Waals surface area contributed by atoms with E-state index in [1.807, 2.05) is 48.5 Å². The van der Waals surface area contributed by atoms with Gasteiger partial charge < -0.3 is 4.90 Å². The van der Waals surface area contributed by atoms with E-state index in [1.54, 1.807) is 0 Å². The van der Waals surface area contributed by atoms with Gasteiger partial charge in [0.1, 0.15) is 0 Å². The Balaban J connectivity index is 1.11. The summed E-state index contributed by atoms with van der Waals surface area (Å²) in [5, 5.41) is 8.53. The first kappa shape index (κ1) is 24.8. The predicted molar refractivity (Wildman–Crippen MR) is 151 cm³/mol. The average Bonchev–Trinajstić information content (AvgIpc) is 3.37. The maximum atomic E-state index is 11.4. The zero-order valence-electron chi connectivity index (χ0n) is 22.1. The third-order valence-electron chi connectivity index (χ3n) is 8.69. The van der Waals surface area contributed by atoms with E-state index in [2.05, 4.69) is 51.3 Å². The fraction of sp³-hybridized carbons (Fsp3) is 0.387. The minimum Gasteiger partial charge on any atom is -0.369 e. The molecule has 7 heteroatoms. The summed E-state index contributed by atoms with van der Waals surface area (Å²) >= 11 is 0. The molecular formula is C31H36N5O2+. The van der Waals surface area contributed by atoms with Gasteiger partial charge in [0.2, 0.25) is 11.4 Å². The van der Waals surface area contributed by atoms with Gasteiger partial charge in [-0.1, -0.05) is 42.7 Å². The molecule has 0 aromatic heterocycles. The summed E-state index contributed by atoms with van der Waals surface area (Å²) in [6.45, 7) is 7.27. The van der Waals surface area contributed by atoms with Crippen molar-refractivity contribution in [3.63, 3.8) is 0 Å². The quantitative estimate of drug-likeness (QED) is 0.249. The number of piperazine rings is 1. The van der Waals surface area contributed by atoms with Gasteiger partial charge in [0.25, 0.3) is 0 Å². The summed E-state index contributed by atoms with van der Waals surface area (Å²) in [6.07, 6.45) is 6.91. The highest BCUT2D eigenvalue weighted by Gasteiger charge is 2.45. The standard InChI is InChI=1S/C31H36N5O2/c1-2-24-7-13-27(14-8-24)34-19-21-35(22-20-34)28-15-9-25(10-16-28)26-11-17-29(18-12-26)36(38-23-37)31-6-4-3-5-30(31)32-33-36/h3-6,9-12,15-18,23-24,27H,2,7-8,13-14,19-22H2,1H3/q+1/t24-,27+,36?. The number of anilines is 1. The number of carbonyl (C=O) groups excluding carboxylic acids is 1. The van der Waals surface area contributed by atoms with Gasteiger partial charge in [-0.15, -0.1) is 0 Å². The van der Waals surface area contributed by atoms with E-state index in [0.29, 0.717) is 23.5 Å². The lowest BCUT2D eigenvalue weighted by molar-refractivity contribution is -0.156. The second kappa shape index (κ2) is 10.7. The van der Waals surface area contributed by atoms with Crippen molar-refractivity contribution in [2.45, 2.75) is 45.1 Å². The second-order valence-corrected chi connectivity index (χ2v) is 10.7. The number of hydrogen-bond donors (Lipinski definition) is 0. The van der Waals surface area contributed by atoms with Crippen LogP contribution in [-0.2, 0) is 9.63 Å². The Labute approximate surface area is 224 Å². The van der Waals surface area contributed by atoms with Gasteiger partial charge >= 0.3 is 6.47 Å². The highest BCUT2D eigenvalue weighted by molar-refractivity contribution is 5.74. The van der Waals surface area contributed by atoms with Crippen LogP contribution in [0.5, 0.6) is 0 Å². The van der Waals surface area contributed by atoms with Gasteiger partial charge in [0.05, 0.1) is 9.98 Å². The Morgan fingerprint density at radius 1 is 0.868 bits per heavy atom. The van der Waals surface area contributed by atoms with E-state index in [-0.39, 0.29) is 0 Å². The molecule has 0 N–H and O–H groups in total. The molecule has 0 bridgehead atoms. The molecule has 2 heterocycles. The van der Waals surface area contributed by atoms with Crippen molar-refractivity contribution in [1.82, 2.24) is 9.66 Å². The third-order valence-corrected chi connectivity index (χ3v) is 8.69. The number of rotatable bonds is 7. The maximum Gasteiger partial charge on any atom is 0.360 e. The van der Waals surface area contributed by atoms with Gasteiger partial charge in [0, 0.05) is 56.1 Å². The molecule has 1 atom stereocenters. The molecule has 7 nitrogen and oxygen atoms in total. The van der Waals surface area contributed by atoms with Gasteiger partial charge in [-0.25, -0.2) is 9.63 Å². The molecule has 3 aromatic carbocycles. The second-order valence-electron chi connectivity index (χ2n) is 10.7.